The fourth-order valence-electron chi connectivity index (χ4n) is 1.30. The highest BCUT2D eigenvalue weighted by molar-refractivity contribution is 9.11. The van der Waals surface area contributed by atoms with E-state index in [4.69, 9.17) is 0 Å². The summed E-state index contributed by atoms with van der Waals surface area (Å²) in [6.45, 7) is 1.85. The van der Waals surface area contributed by atoms with Crippen LogP contribution in [0.25, 0.3) is 0 Å². The van der Waals surface area contributed by atoms with Crippen molar-refractivity contribution in [2.24, 2.45) is 0 Å². The van der Waals surface area contributed by atoms with E-state index in [0.717, 1.165) is 25.2 Å². The second-order valence-electron chi connectivity index (χ2n) is 3.21. The molecule has 0 fully saturated rings. The molecule has 88 valence electrons. The van der Waals surface area contributed by atoms with Gasteiger partial charge in [-0.25, -0.2) is 0 Å². The van der Waals surface area contributed by atoms with Gasteiger partial charge in [-0.15, -0.1) is 23.7 Å². The summed E-state index contributed by atoms with van der Waals surface area (Å²) in [6, 6.07) is 6.23. The number of H-pyrrole nitrogens is 1. The molecule has 2 N–H and O–H groups in total. The highest BCUT2D eigenvalue weighted by Gasteiger charge is 1.97. The third kappa shape index (κ3) is 4.25. The molecule has 0 saturated carbocycles. The Morgan fingerprint density at radius 3 is 2.88 bits per heavy atom. The molecule has 0 unspecified atom stereocenters. The van der Waals surface area contributed by atoms with Gasteiger partial charge in [-0.05, 0) is 40.5 Å². The van der Waals surface area contributed by atoms with Gasteiger partial charge in [0.2, 0.25) is 0 Å². The molecule has 0 aliphatic carbocycles. The lowest BCUT2D eigenvalue weighted by Gasteiger charge is -2.00. The number of rotatable bonds is 5. The second-order valence-corrected chi connectivity index (χ2v) is 5.76. The van der Waals surface area contributed by atoms with E-state index in [1.807, 2.05) is 6.07 Å². The highest BCUT2D eigenvalue weighted by atomic mass is 79.9. The van der Waals surface area contributed by atoms with Crippen LogP contribution in [0, 0.1) is 0 Å². The SMILES string of the molecule is Brc1ccc(CCNCc2ccn[nH]2)s1.Cl. The maximum atomic E-state index is 3.89. The molecule has 0 aromatic carbocycles. The van der Waals surface area contributed by atoms with Crippen molar-refractivity contribution in [3.63, 3.8) is 0 Å². The van der Waals surface area contributed by atoms with E-state index in [1.54, 1.807) is 17.5 Å². The average molecular weight is 323 g/mol. The van der Waals surface area contributed by atoms with Crippen LogP contribution in [-0.4, -0.2) is 16.7 Å². The molecule has 0 radical (unpaired) electrons. The number of aromatic nitrogens is 2. The second kappa shape index (κ2) is 7.06. The van der Waals surface area contributed by atoms with Crippen LogP contribution in [0.1, 0.15) is 10.6 Å². The number of thiophene rings is 1. The van der Waals surface area contributed by atoms with Gasteiger partial charge >= 0.3 is 0 Å². The van der Waals surface area contributed by atoms with Crippen molar-refractivity contribution >= 4 is 39.7 Å². The molecule has 0 aliphatic heterocycles. The maximum absolute atomic E-state index is 3.89. The van der Waals surface area contributed by atoms with Gasteiger partial charge < -0.3 is 5.32 Å². The van der Waals surface area contributed by atoms with Crippen molar-refractivity contribution in [3.05, 3.63) is 38.8 Å². The molecule has 0 atom stereocenters. The fourth-order valence-corrected chi connectivity index (χ4v) is 2.79. The Bertz CT molecular complexity index is 402. The molecule has 2 rings (SSSR count). The van der Waals surface area contributed by atoms with Crippen LogP contribution in [0.5, 0.6) is 0 Å². The van der Waals surface area contributed by atoms with Crippen molar-refractivity contribution in [2.75, 3.05) is 6.54 Å². The van der Waals surface area contributed by atoms with E-state index in [-0.39, 0.29) is 12.4 Å². The number of hydrogen-bond donors (Lipinski definition) is 2. The lowest BCUT2D eigenvalue weighted by atomic mass is 10.3. The minimum absolute atomic E-state index is 0. The molecule has 0 spiro atoms. The number of aromatic amines is 1. The topological polar surface area (TPSA) is 40.7 Å². The van der Waals surface area contributed by atoms with Crippen molar-refractivity contribution in [1.82, 2.24) is 15.5 Å². The first-order chi connectivity index (χ1) is 7.34. The number of nitrogens with one attached hydrogen (secondary N) is 2. The summed E-state index contributed by atoms with van der Waals surface area (Å²) in [4.78, 5) is 1.40. The quantitative estimate of drug-likeness (QED) is 0.831. The van der Waals surface area contributed by atoms with Gasteiger partial charge in [-0.3, -0.25) is 5.10 Å². The Labute approximate surface area is 113 Å². The van der Waals surface area contributed by atoms with E-state index >= 15 is 0 Å². The predicted molar refractivity (Wildman–Crippen MR) is 73.3 cm³/mol. The molecule has 3 nitrogen and oxygen atoms in total. The molecule has 0 amide bonds. The lowest BCUT2D eigenvalue weighted by Crippen LogP contribution is -2.16. The Hall–Kier alpha value is -0.360. The third-order valence-electron chi connectivity index (χ3n) is 2.05. The molecule has 0 saturated heterocycles. The zero-order chi connectivity index (χ0) is 10.5. The van der Waals surface area contributed by atoms with Crippen molar-refractivity contribution in [2.45, 2.75) is 13.0 Å². The molecule has 2 aromatic rings. The van der Waals surface area contributed by atoms with Gasteiger partial charge in [0.25, 0.3) is 0 Å². The molecule has 0 bridgehead atoms. The summed E-state index contributed by atoms with van der Waals surface area (Å²) >= 11 is 5.25. The first-order valence-corrected chi connectivity index (χ1v) is 6.39. The van der Waals surface area contributed by atoms with Crippen LogP contribution in [-0.2, 0) is 13.0 Å². The van der Waals surface area contributed by atoms with Crippen molar-refractivity contribution < 1.29 is 0 Å². The minimum atomic E-state index is 0. The van der Waals surface area contributed by atoms with Gasteiger partial charge in [0.05, 0.1) is 3.79 Å². The zero-order valence-corrected chi connectivity index (χ0v) is 11.8. The van der Waals surface area contributed by atoms with Crippen LogP contribution in [0.15, 0.2) is 28.2 Å². The fraction of sp³-hybridized carbons (Fsp3) is 0.300. The third-order valence-corrected chi connectivity index (χ3v) is 3.73. The van der Waals surface area contributed by atoms with Crippen LogP contribution in [0.4, 0.5) is 0 Å². The zero-order valence-electron chi connectivity index (χ0n) is 8.57. The summed E-state index contributed by atoms with van der Waals surface area (Å²) < 4.78 is 1.20. The first kappa shape index (κ1) is 13.7. The maximum Gasteiger partial charge on any atom is 0.0701 e. The minimum Gasteiger partial charge on any atom is -0.311 e. The van der Waals surface area contributed by atoms with E-state index in [0.29, 0.717) is 0 Å². The van der Waals surface area contributed by atoms with E-state index in [2.05, 4.69) is 43.6 Å². The molecule has 16 heavy (non-hydrogen) atoms. The molecule has 6 heteroatoms. The number of halogens is 2. The standard InChI is InChI=1S/C10H12BrN3S.ClH/c11-10-2-1-9(15-10)4-5-12-7-8-3-6-13-14-8;/h1-3,6,12H,4-5,7H2,(H,13,14);1H. The molecular weight excluding hydrogens is 310 g/mol. The Kier molecular flexibility index (Phi) is 6.05. The summed E-state index contributed by atoms with van der Waals surface area (Å²) in [5.74, 6) is 0. The Balaban J connectivity index is 0.00000128. The van der Waals surface area contributed by atoms with Gasteiger partial charge in [0.1, 0.15) is 0 Å². The van der Waals surface area contributed by atoms with Gasteiger partial charge in [-0.2, -0.15) is 5.10 Å². The molecule has 2 aromatic heterocycles. The van der Waals surface area contributed by atoms with E-state index in [1.165, 1.54) is 8.66 Å². The highest BCUT2D eigenvalue weighted by Crippen LogP contribution is 2.21. The van der Waals surface area contributed by atoms with Gasteiger partial charge in [-0.1, -0.05) is 0 Å². The number of nitrogens with zero attached hydrogens (tertiary/aromatic N) is 1. The van der Waals surface area contributed by atoms with E-state index < -0.39 is 0 Å². The van der Waals surface area contributed by atoms with Crippen LogP contribution >= 0.6 is 39.7 Å². The van der Waals surface area contributed by atoms with Crippen LogP contribution in [0.3, 0.4) is 0 Å². The summed E-state index contributed by atoms with van der Waals surface area (Å²) in [5, 5.41) is 10.2. The first-order valence-electron chi connectivity index (χ1n) is 4.78. The summed E-state index contributed by atoms with van der Waals surface area (Å²) in [5.41, 5.74) is 1.13. The Morgan fingerprint density at radius 1 is 1.38 bits per heavy atom. The van der Waals surface area contributed by atoms with Crippen LogP contribution < -0.4 is 5.32 Å². The van der Waals surface area contributed by atoms with Gasteiger partial charge in [0, 0.05) is 29.9 Å². The Morgan fingerprint density at radius 2 is 2.25 bits per heavy atom. The normalized spacial score (nSPS) is 10.1. The van der Waals surface area contributed by atoms with Crippen molar-refractivity contribution in [3.8, 4) is 0 Å². The lowest BCUT2D eigenvalue weighted by molar-refractivity contribution is 0.676. The smallest absolute Gasteiger partial charge is 0.0701 e. The van der Waals surface area contributed by atoms with Crippen molar-refractivity contribution in [1.29, 1.82) is 0 Å². The largest absolute Gasteiger partial charge is 0.311 e. The molecule has 0 aliphatic rings. The molecule has 2 heterocycles. The monoisotopic (exact) mass is 321 g/mol. The van der Waals surface area contributed by atoms with Gasteiger partial charge in [0.15, 0.2) is 0 Å². The summed E-state index contributed by atoms with van der Waals surface area (Å²) in [7, 11) is 0. The predicted octanol–water partition coefficient (Wildman–Crippen LogP) is 2.99. The molecular formula is C10H13BrClN3S. The average Bonchev–Trinajstić information content (AvgIpc) is 2.84. The van der Waals surface area contributed by atoms with Crippen LogP contribution in [0.2, 0.25) is 0 Å². The number of hydrogen-bond acceptors (Lipinski definition) is 3. The summed E-state index contributed by atoms with van der Waals surface area (Å²) in [6.07, 6.45) is 2.85. The van der Waals surface area contributed by atoms with E-state index in [9.17, 15) is 0 Å².